The molecule has 0 saturated carbocycles. The van der Waals surface area contributed by atoms with Gasteiger partial charge >= 0.3 is 0 Å². The fourth-order valence-electron chi connectivity index (χ4n) is 1.78. The molecule has 1 aromatic heterocycles. The van der Waals surface area contributed by atoms with Gasteiger partial charge < -0.3 is 10.3 Å². The monoisotopic (exact) mass is 253 g/mol. The van der Waals surface area contributed by atoms with E-state index in [0.29, 0.717) is 12.4 Å². The number of rotatable bonds is 3. The highest BCUT2D eigenvalue weighted by Crippen LogP contribution is 2.17. The first-order valence-electron chi connectivity index (χ1n) is 5.23. The van der Waals surface area contributed by atoms with Crippen molar-refractivity contribution in [1.29, 1.82) is 0 Å². The zero-order valence-electron chi connectivity index (χ0n) is 9.84. The molecule has 5 nitrogen and oxygen atoms in total. The van der Waals surface area contributed by atoms with Crippen molar-refractivity contribution in [3.8, 4) is 0 Å². The van der Waals surface area contributed by atoms with Crippen molar-refractivity contribution in [2.24, 2.45) is 12.8 Å². The van der Waals surface area contributed by atoms with E-state index in [-0.39, 0.29) is 5.75 Å². The Morgan fingerprint density at radius 1 is 1.41 bits per heavy atom. The molecule has 2 aromatic rings. The zero-order valence-corrected chi connectivity index (χ0v) is 10.7. The summed E-state index contributed by atoms with van der Waals surface area (Å²) < 4.78 is 24.4. The maximum Gasteiger partial charge on any atom is 0.154 e. The minimum absolute atomic E-state index is 0.0455. The van der Waals surface area contributed by atoms with E-state index in [9.17, 15) is 8.42 Å². The third-order valence-corrected chi connectivity index (χ3v) is 3.45. The van der Waals surface area contributed by atoms with Gasteiger partial charge in [0.2, 0.25) is 0 Å². The van der Waals surface area contributed by atoms with Crippen molar-refractivity contribution < 1.29 is 8.42 Å². The summed E-state index contributed by atoms with van der Waals surface area (Å²) in [6.07, 6.45) is 1.21. The van der Waals surface area contributed by atoms with Gasteiger partial charge in [0.15, 0.2) is 9.84 Å². The Labute approximate surface area is 100 Å². The van der Waals surface area contributed by atoms with E-state index in [4.69, 9.17) is 5.73 Å². The van der Waals surface area contributed by atoms with Gasteiger partial charge in [0.25, 0.3) is 0 Å². The minimum Gasteiger partial charge on any atom is -0.330 e. The fourth-order valence-corrected chi connectivity index (χ4v) is 2.50. The molecule has 0 bridgehead atoms. The summed E-state index contributed by atoms with van der Waals surface area (Å²) >= 11 is 0. The van der Waals surface area contributed by atoms with Crippen LogP contribution in [0.5, 0.6) is 0 Å². The predicted octanol–water partition coefficient (Wildman–Crippen LogP) is 0.577. The maximum absolute atomic E-state index is 11.3. The van der Waals surface area contributed by atoms with Gasteiger partial charge in [-0.3, -0.25) is 0 Å². The van der Waals surface area contributed by atoms with Crippen LogP contribution in [0.1, 0.15) is 11.4 Å². The fraction of sp³-hybridized carbons (Fsp3) is 0.364. The molecule has 0 unspecified atom stereocenters. The highest BCUT2D eigenvalue weighted by atomic mass is 32.2. The summed E-state index contributed by atoms with van der Waals surface area (Å²) in [6.45, 7) is 0.461. The van der Waals surface area contributed by atoms with Crippen LogP contribution in [-0.4, -0.2) is 24.2 Å². The molecule has 0 aliphatic carbocycles. The molecule has 0 fully saturated rings. The van der Waals surface area contributed by atoms with Gasteiger partial charge in [-0.2, -0.15) is 0 Å². The van der Waals surface area contributed by atoms with Crippen LogP contribution in [0.3, 0.4) is 0 Å². The summed E-state index contributed by atoms with van der Waals surface area (Å²) in [5.41, 5.74) is 8.28. The lowest BCUT2D eigenvalue weighted by molar-refractivity contribution is 0.598. The third-order valence-electron chi connectivity index (χ3n) is 2.66. The van der Waals surface area contributed by atoms with Crippen molar-refractivity contribution in [2.75, 3.05) is 6.26 Å². The van der Waals surface area contributed by atoms with Gasteiger partial charge in [0.1, 0.15) is 11.6 Å². The number of nitrogens with two attached hydrogens (primary N) is 1. The summed E-state index contributed by atoms with van der Waals surface area (Å²) in [4.78, 5) is 4.32. The van der Waals surface area contributed by atoms with Gasteiger partial charge in [0, 0.05) is 19.8 Å². The van der Waals surface area contributed by atoms with Crippen LogP contribution in [0.15, 0.2) is 18.2 Å². The van der Waals surface area contributed by atoms with Gasteiger partial charge in [-0.1, -0.05) is 6.07 Å². The SMILES string of the molecule is Cn1c(CS(C)(=O)=O)nc2ccc(CN)cc21. The molecule has 0 aliphatic rings. The number of hydrogen-bond acceptors (Lipinski definition) is 4. The van der Waals surface area contributed by atoms with Crippen LogP contribution in [0.4, 0.5) is 0 Å². The molecule has 0 spiro atoms. The average Bonchev–Trinajstić information content (AvgIpc) is 2.53. The Balaban J connectivity index is 2.57. The lowest BCUT2D eigenvalue weighted by Gasteiger charge is -2.01. The molecule has 17 heavy (non-hydrogen) atoms. The van der Waals surface area contributed by atoms with Crippen molar-refractivity contribution in [2.45, 2.75) is 12.3 Å². The molecule has 0 atom stereocenters. The molecule has 92 valence electrons. The number of benzene rings is 1. The van der Waals surface area contributed by atoms with Crippen LogP contribution < -0.4 is 5.73 Å². The minimum atomic E-state index is -3.07. The number of hydrogen-bond donors (Lipinski definition) is 1. The molecule has 2 N–H and O–H groups in total. The molecular formula is C11H15N3O2S. The number of imidazole rings is 1. The molecule has 0 aliphatic heterocycles. The van der Waals surface area contributed by atoms with Crippen LogP contribution >= 0.6 is 0 Å². The highest BCUT2D eigenvalue weighted by molar-refractivity contribution is 7.89. The Kier molecular flexibility index (Phi) is 2.92. The van der Waals surface area contributed by atoms with Gasteiger partial charge in [-0.25, -0.2) is 13.4 Å². The second-order valence-electron chi connectivity index (χ2n) is 4.18. The molecule has 6 heteroatoms. The lowest BCUT2D eigenvalue weighted by atomic mass is 10.2. The predicted molar refractivity (Wildman–Crippen MR) is 67.2 cm³/mol. The smallest absolute Gasteiger partial charge is 0.154 e. The summed E-state index contributed by atoms with van der Waals surface area (Å²) in [5.74, 6) is 0.507. The van der Waals surface area contributed by atoms with E-state index in [0.717, 1.165) is 16.6 Å². The number of nitrogens with zero attached hydrogens (tertiary/aromatic N) is 2. The Hall–Kier alpha value is -1.40. The molecular weight excluding hydrogens is 238 g/mol. The van der Waals surface area contributed by atoms with Crippen LogP contribution in [-0.2, 0) is 29.2 Å². The second-order valence-corrected chi connectivity index (χ2v) is 6.32. The van der Waals surface area contributed by atoms with Gasteiger partial charge in [-0.05, 0) is 17.7 Å². The lowest BCUT2D eigenvalue weighted by Crippen LogP contribution is -2.06. The van der Waals surface area contributed by atoms with Crippen molar-refractivity contribution >= 4 is 20.9 Å². The Morgan fingerprint density at radius 2 is 2.12 bits per heavy atom. The molecule has 1 heterocycles. The summed E-state index contributed by atoms with van der Waals surface area (Å²) in [5, 5.41) is 0. The first-order chi connectivity index (χ1) is 7.90. The first kappa shape index (κ1) is 12.1. The van der Waals surface area contributed by atoms with Crippen molar-refractivity contribution in [1.82, 2.24) is 9.55 Å². The van der Waals surface area contributed by atoms with E-state index < -0.39 is 9.84 Å². The standard InChI is InChI=1S/C11H15N3O2S/c1-14-10-5-8(6-12)3-4-9(10)13-11(14)7-17(2,15)16/h3-5H,6-7,12H2,1-2H3. The zero-order chi connectivity index (χ0) is 12.6. The van der Waals surface area contributed by atoms with E-state index >= 15 is 0 Å². The van der Waals surface area contributed by atoms with Gasteiger partial charge in [0.05, 0.1) is 11.0 Å². The van der Waals surface area contributed by atoms with Crippen LogP contribution in [0.25, 0.3) is 11.0 Å². The average molecular weight is 253 g/mol. The summed E-state index contributed by atoms with van der Waals surface area (Å²) in [6, 6.07) is 5.71. The molecule has 0 radical (unpaired) electrons. The Morgan fingerprint density at radius 3 is 2.71 bits per heavy atom. The van der Waals surface area contributed by atoms with E-state index in [1.54, 1.807) is 4.57 Å². The van der Waals surface area contributed by atoms with Crippen molar-refractivity contribution in [3.05, 3.63) is 29.6 Å². The number of aryl methyl sites for hydroxylation is 1. The van der Waals surface area contributed by atoms with Gasteiger partial charge in [-0.15, -0.1) is 0 Å². The van der Waals surface area contributed by atoms with Crippen molar-refractivity contribution in [3.63, 3.8) is 0 Å². The number of fused-ring (bicyclic) bond motifs is 1. The number of sulfone groups is 1. The van der Waals surface area contributed by atoms with Crippen LogP contribution in [0.2, 0.25) is 0 Å². The van der Waals surface area contributed by atoms with E-state index in [1.165, 1.54) is 6.26 Å². The van der Waals surface area contributed by atoms with E-state index in [1.807, 2.05) is 25.2 Å². The molecule has 0 saturated heterocycles. The number of aromatic nitrogens is 2. The molecule has 1 aromatic carbocycles. The first-order valence-corrected chi connectivity index (χ1v) is 7.29. The molecule has 2 rings (SSSR count). The molecule has 0 amide bonds. The Bertz CT molecular complexity index is 659. The topological polar surface area (TPSA) is 78.0 Å². The third kappa shape index (κ3) is 2.48. The largest absolute Gasteiger partial charge is 0.330 e. The highest BCUT2D eigenvalue weighted by Gasteiger charge is 2.13. The normalized spacial score (nSPS) is 12.2. The van der Waals surface area contributed by atoms with Crippen LogP contribution in [0, 0.1) is 0 Å². The second kappa shape index (κ2) is 4.12. The maximum atomic E-state index is 11.3. The quantitative estimate of drug-likeness (QED) is 0.867. The van der Waals surface area contributed by atoms with E-state index in [2.05, 4.69) is 4.98 Å². The summed E-state index contributed by atoms with van der Waals surface area (Å²) in [7, 11) is -1.26.